The van der Waals surface area contributed by atoms with Crippen LogP contribution in [-0.2, 0) is 6.54 Å². The average molecular weight is 280 g/mol. The third-order valence-electron chi connectivity index (χ3n) is 3.29. The molecule has 1 aromatic heterocycles. The van der Waals surface area contributed by atoms with Gasteiger partial charge in [-0.15, -0.1) is 0 Å². The first-order valence-electron chi connectivity index (χ1n) is 5.92. The van der Waals surface area contributed by atoms with E-state index >= 15 is 0 Å². The topological polar surface area (TPSA) is 44.9 Å². The molecule has 2 atom stereocenters. The van der Waals surface area contributed by atoms with Crippen LogP contribution < -0.4 is 10.2 Å². The van der Waals surface area contributed by atoms with Gasteiger partial charge in [0.05, 0.1) is 5.92 Å². The molecular weight excluding hydrogens is 265 g/mol. The quantitative estimate of drug-likeness (QED) is 0.894. The van der Waals surface area contributed by atoms with Crippen molar-refractivity contribution in [3.63, 3.8) is 0 Å². The molecule has 1 aliphatic rings. The second-order valence-electron chi connectivity index (χ2n) is 4.66. The zero-order valence-corrected chi connectivity index (χ0v) is 10.5. The van der Waals surface area contributed by atoms with E-state index in [2.05, 4.69) is 10.3 Å². The Hall–Kier alpha value is -0.820. The second-order valence-corrected chi connectivity index (χ2v) is 5.50. The summed E-state index contributed by atoms with van der Waals surface area (Å²) >= 11 is 1.06. The Morgan fingerprint density at radius 1 is 1.44 bits per heavy atom. The van der Waals surface area contributed by atoms with Crippen molar-refractivity contribution in [3.05, 3.63) is 20.7 Å². The number of hydrogen-bond acceptors (Lipinski definition) is 3. The van der Waals surface area contributed by atoms with Crippen LogP contribution in [0.1, 0.15) is 31.4 Å². The predicted octanol–water partition coefficient (Wildman–Crippen LogP) is 2.65. The Bertz CT molecular complexity index is 440. The smallest absolute Gasteiger partial charge is 0.315 e. The largest absolute Gasteiger partial charge is 0.391 e. The number of alkyl halides is 3. The Morgan fingerprint density at radius 3 is 2.83 bits per heavy atom. The number of H-pyrrole nitrogens is 1. The summed E-state index contributed by atoms with van der Waals surface area (Å²) in [7, 11) is 0. The van der Waals surface area contributed by atoms with Crippen molar-refractivity contribution < 1.29 is 13.2 Å². The van der Waals surface area contributed by atoms with Crippen LogP contribution in [0.2, 0.25) is 0 Å². The third-order valence-corrected chi connectivity index (χ3v) is 4.01. The molecule has 1 aromatic rings. The number of thiazole rings is 1. The van der Waals surface area contributed by atoms with Crippen molar-refractivity contribution in [1.82, 2.24) is 10.3 Å². The van der Waals surface area contributed by atoms with Gasteiger partial charge in [-0.05, 0) is 19.3 Å². The molecule has 2 unspecified atom stereocenters. The fourth-order valence-corrected chi connectivity index (χ4v) is 2.91. The number of rotatable bonds is 3. The number of halogens is 3. The number of hydrogen-bond donors (Lipinski definition) is 2. The molecule has 3 nitrogen and oxygen atoms in total. The Labute approximate surface area is 106 Å². The van der Waals surface area contributed by atoms with Crippen molar-refractivity contribution in [2.45, 2.75) is 44.4 Å². The Morgan fingerprint density at radius 2 is 2.22 bits per heavy atom. The second kappa shape index (κ2) is 5.44. The fourth-order valence-electron chi connectivity index (χ4n) is 2.33. The molecule has 0 spiro atoms. The van der Waals surface area contributed by atoms with E-state index in [9.17, 15) is 18.0 Å². The highest BCUT2D eigenvalue weighted by Crippen LogP contribution is 2.37. The van der Waals surface area contributed by atoms with Crippen molar-refractivity contribution in [1.29, 1.82) is 0 Å². The molecule has 1 saturated carbocycles. The molecule has 1 fully saturated rings. The van der Waals surface area contributed by atoms with E-state index in [1.165, 1.54) is 0 Å². The van der Waals surface area contributed by atoms with E-state index in [1.807, 2.05) is 0 Å². The minimum Gasteiger partial charge on any atom is -0.315 e. The first-order chi connectivity index (χ1) is 8.45. The lowest BCUT2D eigenvalue weighted by molar-refractivity contribution is -0.183. The van der Waals surface area contributed by atoms with Gasteiger partial charge in [-0.2, -0.15) is 13.2 Å². The van der Waals surface area contributed by atoms with Crippen LogP contribution in [0.4, 0.5) is 13.2 Å². The summed E-state index contributed by atoms with van der Waals surface area (Å²) in [5.41, 5.74) is 0.735. The Balaban J connectivity index is 1.84. The summed E-state index contributed by atoms with van der Waals surface area (Å²) < 4.78 is 37.8. The minimum absolute atomic E-state index is 0.117. The van der Waals surface area contributed by atoms with Crippen LogP contribution in [0.3, 0.4) is 0 Å². The molecule has 7 heteroatoms. The van der Waals surface area contributed by atoms with Crippen molar-refractivity contribution in [2.75, 3.05) is 0 Å². The zero-order valence-electron chi connectivity index (χ0n) is 9.72. The van der Waals surface area contributed by atoms with Crippen LogP contribution >= 0.6 is 11.3 Å². The van der Waals surface area contributed by atoms with Crippen LogP contribution in [0.25, 0.3) is 0 Å². The molecule has 0 bridgehead atoms. The molecule has 2 N–H and O–H groups in total. The molecule has 0 saturated heterocycles. The summed E-state index contributed by atoms with van der Waals surface area (Å²) in [4.78, 5) is 13.4. The predicted molar refractivity (Wildman–Crippen MR) is 63.6 cm³/mol. The van der Waals surface area contributed by atoms with Gasteiger partial charge < -0.3 is 10.3 Å². The van der Waals surface area contributed by atoms with Crippen molar-refractivity contribution >= 4 is 11.3 Å². The molecule has 1 heterocycles. The SMILES string of the molecule is O=c1[nH]c(CNC2CCCC(C(F)(F)F)C2)cs1. The van der Waals surface area contributed by atoms with E-state index in [0.717, 1.165) is 23.5 Å². The van der Waals surface area contributed by atoms with Crippen molar-refractivity contribution in [2.24, 2.45) is 5.92 Å². The van der Waals surface area contributed by atoms with Crippen molar-refractivity contribution in [3.8, 4) is 0 Å². The van der Waals surface area contributed by atoms with E-state index in [-0.39, 0.29) is 23.8 Å². The average Bonchev–Trinajstić information content (AvgIpc) is 2.72. The lowest BCUT2D eigenvalue weighted by Crippen LogP contribution is -2.38. The van der Waals surface area contributed by atoms with Gasteiger partial charge in [0.15, 0.2) is 0 Å². The van der Waals surface area contributed by atoms with Crippen LogP contribution in [0, 0.1) is 5.92 Å². The van der Waals surface area contributed by atoms with Gasteiger partial charge in [0.1, 0.15) is 0 Å². The summed E-state index contributed by atoms with van der Waals surface area (Å²) in [6.45, 7) is 0.425. The molecule has 0 amide bonds. The molecule has 18 heavy (non-hydrogen) atoms. The standard InChI is InChI=1S/C11H15F3N2OS/c12-11(13,14)7-2-1-3-8(4-7)15-5-9-6-18-10(17)16-9/h6-8,15H,1-5H2,(H,16,17). The van der Waals surface area contributed by atoms with Gasteiger partial charge in [-0.25, -0.2) is 0 Å². The first kappa shape index (κ1) is 13.6. The third kappa shape index (κ3) is 3.58. The summed E-state index contributed by atoms with van der Waals surface area (Å²) in [6.07, 6.45) is -2.35. The van der Waals surface area contributed by atoms with Gasteiger partial charge in [0.2, 0.25) is 0 Å². The summed E-state index contributed by atoms with van der Waals surface area (Å²) in [5.74, 6) is -1.19. The van der Waals surface area contributed by atoms with E-state index in [0.29, 0.717) is 13.0 Å². The Kier molecular flexibility index (Phi) is 4.11. The number of aromatic amines is 1. The molecule has 102 valence electrons. The molecule has 0 aliphatic heterocycles. The van der Waals surface area contributed by atoms with E-state index < -0.39 is 12.1 Å². The van der Waals surface area contributed by atoms with Gasteiger partial charge in [-0.3, -0.25) is 4.79 Å². The molecule has 0 radical (unpaired) electrons. The van der Waals surface area contributed by atoms with E-state index in [1.54, 1.807) is 5.38 Å². The monoisotopic (exact) mass is 280 g/mol. The maximum atomic E-state index is 12.6. The highest BCUT2D eigenvalue weighted by Gasteiger charge is 2.41. The van der Waals surface area contributed by atoms with Crippen LogP contribution in [-0.4, -0.2) is 17.2 Å². The lowest BCUT2D eigenvalue weighted by Gasteiger charge is -2.31. The maximum Gasteiger partial charge on any atom is 0.391 e. The highest BCUT2D eigenvalue weighted by atomic mass is 32.1. The maximum absolute atomic E-state index is 12.6. The summed E-state index contributed by atoms with van der Waals surface area (Å²) in [5, 5.41) is 4.78. The first-order valence-corrected chi connectivity index (χ1v) is 6.80. The van der Waals surface area contributed by atoms with Gasteiger partial charge in [0.25, 0.3) is 0 Å². The lowest BCUT2D eigenvalue weighted by atomic mass is 9.85. The van der Waals surface area contributed by atoms with Gasteiger partial charge >= 0.3 is 11.0 Å². The van der Waals surface area contributed by atoms with Gasteiger partial charge in [0, 0.05) is 23.7 Å². The zero-order chi connectivity index (χ0) is 13.2. The highest BCUT2D eigenvalue weighted by molar-refractivity contribution is 7.07. The molecule has 2 rings (SSSR count). The molecule has 0 aromatic carbocycles. The molecular formula is C11H15F3N2OS. The number of aromatic nitrogens is 1. The van der Waals surface area contributed by atoms with E-state index in [4.69, 9.17) is 0 Å². The minimum atomic E-state index is -4.09. The van der Waals surface area contributed by atoms with Crippen LogP contribution in [0.5, 0.6) is 0 Å². The number of nitrogens with one attached hydrogen (secondary N) is 2. The summed E-state index contributed by atoms with van der Waals surface area (Å²) in [6, 6.07) is -0.117. The van der Waals surface area contributed by atoms with Crippen LogP contribution in [0.15, 0.2) is 10.2 Å². The van der Waals surface area contributed by atoms with Gasteiger partial charge in [-0.1, -0.05) is 17.8 Å². The normalized spacial score (nSPS) is 25.3. The fraction of sp³-hybridized carbons (Fsp3) is 0.727. The molecule has 1 aliphatic carbocycles.